The lowest BCUT2D eigenvalue weighted by Crippen LogP contribution is -2.38. The summed E-state index contributed by atoms with van der Waals surface area (Å²) in [5, 5.41) is 5.73. The van der Waals surface area contributed by atoms with E-state index in [-0.39, 0.29) is 12.1 Å². The topological polar surface area (TPSA) is 50.4 Å². The van der Waals surface area contributed by atoms with E-state index in [0.717, 1.165) is 25.1 Å². The molecule has 1 aliphatic heterocycles. The number of amides is 2. The van der Waals surface area contributed by atoms with Crippen molar-refractivity contribution < 1.29 is 9.53 Å². The zero-order chi connectivity index (χ0) is 12.1. The van der Waals surface area contributed by atoms with Gasteiger partial charge in [0.05, 0.1) is 12.6 Å². The van der Waals surface area contributed by atoms with Crippen LogP contribution < -0.4 is 10.6 Å². The van der Waals surface area contributed by atoms with Crippen molar-refractivity contribution in [2.24, 2.45) is 0 Å². The molecule has 1 aromatic carbocycles. The molecule has 0 spiro atoms. The molecule has 2 rings (SSSR count). The zero-order valence-electron chi connectivity index (χ0n) is 10.0. The van der Waals surface area contributed by atoms with Crippen LogP contribution in [0.25, 0.3) is 0 Å². The largest absolute Gasteiger partial charge is 0.379 e. The number of aryl methyl sites for hydroxylation is 1. The summed E-state index contributed by atoms with van der Waals surface area (Å²) in [4.78, 5) is 11.7. The number of hydrogen-bond acceptors (Lipinski definition) is 2. The van der Waals surface area contributed by atoms with Crippen molar-refractivity contribution in [3.8, 4) is 0 Å². The second-order valence-electron chi connectivity index (χ2n) is 4.21. The molecule has 0 aromatic heterocycles. The third-order valence-corrected chi connectivity index (χ3v) is 2.86. The molecule has 0 bridgehead atoms. The van der Waals surface area contributed by atoms with Gasteiger partial charge in [-0.25, -0.2) is 4.79 Å². The van der Waals surface area contributed by atoms with Crippen LogP contribution in [0.4, 0.5) is 10.5 Å². The second kappa shape index (κ2) is 5.68. The highest BCUT2D eigenvalue weighted by molar-refractivity contribution is 5.89. The van der Waals surface area contributed by atoms with E-state index in [1.165, 1.54) is 5.56 Å². The Morgan fingerprint density at radius 3 is 3.12 bits per heavy atom. The number of carbonyl (C=O) groups is 1. The highest BCUT2D eigenvalue weighted by atomic mass is 16.5. The smallest absolute Gasteiger partial charge is 0.319 e. The molecule has 0 aliphatic carbocycles. The summed E-state index contributed by atoms with van der Waals surface area (Å²) in [7, 11) is 0. The van der Waals surface area contributed by atoms with Crippen molar-refractivity contribution in [3.63, 3.8) is 0 Å². The molecule has 1 fully saturated rings. The van der Waals surface area contributed by atoms with Crippen molar-refractivity contribution in [3.05, 3.63) is 29.8 Å². The van der Waals surface area contributed by atoms with E-state index in [4.69, 9.17) is 4.74 Å². The molecule has 4 nitrogen and oxygen atoms in total. The van der Waals surface area contributed by atoms with Crippen LogP contribution in [0.2, 0.25) is 0 Å². The molecule has 17 heavy (non-hydrogen) atoms. The van der Waals surface area contributed by atoms with Crippen LogP contribution in [0.3, 0.4) is 0 Å². The van der Waals surface area contributed by atoms with Gasteiger partial charge in [0.25, 0.3) is 0 Å². The van der Waals surface area contributed by atoms with Crippen molar-refractivity contribution in [2.45, 2.75) is 25.8 Å². The van der Waals surface area contributed by atoms with Gasteiger partial charge in [0.2, 0.25) is 0 Å². The number of nitrogens with one attached hydrogen (secondary N) is 2. The van der Waals surface area contributed by atoms with Crippen molar-refractivity contribution >= 4 is 11.7 Å². The quantitative estimate of drug-likeness (QED) is 0.842. The molecule has 0 radical (unpaired) electrons. The number of rotatable bonds is 3. The number of carbonyl (C=O) groups excluding carboxylic acids is 1. The summed E-state index contributed by atoms with van der Waals surface area (Å²) in [6.45, 7) is 3.44. The van der Waals surface area contributed by atoms with Gasteiger partial charge in [-0.15, -0.1) is 0 Å². The summed E-state index contributed by atoms with van der Waals surface area (Å²) in [6, 6.07) is 7.87. The molecule has 1 saturated heterocycles. The molecule has 2 N–H and O–H groups in total. The number of anilines is 1. The van der Waals surface area contributed by atoms with Crippen LogP contribution >= 0.6 is 0 Å². The Labute approximate surface area is 101 Å². The monoisotopic (exact) mass is 234 g/mol. The van der Waals surface area contributed by atoms with Gasteiger partial charge in [-0.3, -0.25) is 0 Å². The average Bonchev–Trinajstić information content (AvgIpc) is 2.82. The Morgan fingerprint density at radius 1 is 1.53 bits per heavy atom. The van der Waals surface area contributed by atoms with E-state index >= 15 is 0 Å². The molecule has 2 amide bonds. The van der Waals surface area contributed by atoms with Gasteiger partial charge in [-0.05, 0) is 30.5 Å². The van der Waals surface area contributed by atoms with Gasteiger partial charge in [-0.2, -0.15) is 0 Å². The predicted octanol–water partition coefficient (Wildman–Crippen LogP) is 2.16. The first-order valence-corrected chi connectivity index (χ1v) is 6.02. The molecular weight excluding hydrogens is 216 g/mol. The standard InChI is InChI=1S/C13H18N2O2/c1-2-10-4-3-5-11(8-10)14-13(16)15-12-6-7-17-9-12/h3-5,8,12H,2,6-7,9H2,1H3,(H2,14,15,16). The molecule has 4 heteroatoms. The van der Waals surface area contributed by atoms with Crippen LogP contribution in [-0.2, 0) is 11.2 Å². The first kappa shape index (κ1) is 11.9. The normalized spacial score (nSPS) is 19.0. The number of urea groups is 1. The van der Waals surface area contributed by atoms with Crippen molar-refractivity contribution in [1.29, 1.82) is 0 Å². The lowest BCUT2D eigenvalue weighted by molar-refractivity contribution is 0.189. The minimum Gasteiger partial charge on any atom is -0.379 e. The van der Waals surface area contributed by atoms with E-state index in [1.807, 2.05) is 24.3 Å². The summed E-state index contributed by atoms with van der Waals surface area (Å²) in [5.74, 6) is 0. The fourth-order valence-electron chi connectivity index (χ4n) is 1.87. The summed E-state index contributed by atoms with van der Waals surface area (Å²) >= 11 is 0. The van der Waals surface area contributed by atoms with E-state index < -0.39 is 0 Å². The van der Waals surface area contributed by atoms with Crippen LogP contribution in [0.5, 0.6) is 0 Å². The molecule has 1 aliphatic rings. The molecule has 0 saturated carbocycles. The lowest BCUT2D eigenvalue weighted by atomic mass is 10.1. The highest BCUT2D eigenvalue weighted by Gasteiger charge is 2.17. The summed E-state index contributed by atoms with van der Waals surface area (Å²) in [5.41, 5.74) is 2.05. The van der Waals surface area contributed by atoms with Gasteiger partial charge < -0.3 is 15.4 Å². The van der Waals surface area contributed by atoms with E-state index in [9.17, 15) is 4.79 Å². The Morgan fingerprint density at radius 2 is 2.41 bits per heavy atom. The Balaban J connectivity index is 1.88. The van der Waals surface area contributed by atoms with Crippen molar-refractivity contribution in [1.82, 2.24) is 5.32 Å². The zero-order valence-corrected chi connectivity index (χ0v) is 10.0. The highest BCUT2D eigenvalue weighted by Crippen LogP contribution is 2.11. The van der Waals surface area contributed by atoms with Gasteiger partial charge in [0.1, 0.15) is 0 Å². The number of ether oxygens (including phenoxy) is 1. The van der Waals surface area contributed by atoms with Crippen LogP contribution in [0.15, 0.2) is 24.3 Å². The molecule has 1 aromatic rings. The van der Waals surface area contributed by atoms with E-state index in [2.05, 4.69) is 17.6 Å². The van der Waals surface area contributed by atoms with Crippen LogP contribution in [0, 0.1) is 0 Å². The SMILES string of the molecule is CCc1cccc(NC(=O)NC2CCOC2)c1. The van der Waals surface area contributed by atoms with Gasteiger partial charge in [-0.1, -0.05) is 19.1 Å². The Bertz CT molecular complexity index is 387. The maximum atomic E-state index is 11.7. The average molecular weight is 234 g/mol. The molecule has 1 unspecified atom stereocenters. The maximum Gasteiger partial charge on any atom is 0.319 e. The molecular formula is C13H18N2O2. The summed E-state index contributed by atoms with van der Waals surface area (Å²) in [6.07, 6.45) is 1.86. The Hall–Kier alpha value is -1.55. The third-order valence-electron chi connectivity index (χ3n) is 2.86. The second-order valence-corrected chi connectivity index (χ2v) is 4.21. The first-order valence-electron chi connectivity index (χ1n) is 6.02. The van der Waals surface area contributed by atoms with E-state index in [0.29, 0.717) is 6.61 Å². The number of benzene rings is 1. The lowest BCUT2D eigenvalue weighted by Gasteiger charge is -2.12. The minimum absolute atomic E-state index is 0.143. The molecule has 92 valence electrons. The third kappa shape index (κ3) is 3.46. The number of hydrogen-bond donors (Lipinski definition) is 2. The van der Waals surface area contributed by atoms with Gasteiger partial charge in [0, 0.05) is 12.3 Å². The fourth-order valence-corrected chi connectivity index (χ4v) is 1.87. The van der Waals surface area contributed by atoms with Crippen LogP contribution in [-0.4, -0.2) is 25.3 Å². The Kier molecular flexibility index (Phi) is 3.98. The van der Waals surface area contributed by atoms with E-state index in [1.54, 1.807) is 0 Å². The summed E-state index contributed by atoms with van der Waals surface area (Å²) < 4.78 is 5.20. The fraction of sp³-hybridized carbons (Fsp3) is 0.462. The molecule has 1 atom stereocenters. The predicted molar refractivity (Wildman–Crippen MR) is 67.2 cm³/mol. The maximum absolute atomic E-state index is 11.7. The minimum atomic E-state index is -0.159. The van der Waals surface area contributed by atoms with Gasteiger partial charge in [0.15, 0.2) is 0 Å². The van der Waals surface area contributed by atoms with Crippen molar-refractivity contribution in [2.75, 3.05) is 18.5 Å². The molecule has 1 heterocycles. The van der Waals surface area contributed by atoms with Gasteiger partial charge >= 0.3 is 6.03 Å². The van der Waals surface area contributed by atoms with Crippen LogP contribution in [0.1, 0.15) is 18.9 Å². The first-order chi connectivity index (χ1) is 8.28.